The lowest BCUT2D eigenvalue weighted by molar-refractivity contribution is 0.411. The predicted octanol–water partition coefficient (Wildman–Crippen LogP) is 4.19. The minimum atomic E-state index is -3.95. The van der Waals surface area contributed by atoms with Crippen LogP contribution in [-0.4, -0.2) is 20.1 Å². The molecule has 1 N–H and O–H groups in total. The van der Waals surface area contributed by atoms with E-state index < -0.39 is 15.8 Å². The van der Waals surface area contributed by atoms with Gasteiger partial charge in [-0.25, -0.2) is 12.8 Å². The van der Waals surface area contributed by atoms with Gasteiger partial charge in [-0.15, -0.1) is 0 Å². The van der Waals surface area contributed by atoms with E-state index in [0.717, 1.165) is 0 Å². The molecule has 0 atom stereocenters. The van der Waals surface area contributed by atoms with Crippen LogP contribution in [-0.2, 0) is 10.0 Å². The molecule has 0 spiro atoms. The monoisotopic (exact) mass is 424 g/mol. The Bertz CT molecular complexity index is 1000. The number of aromatic nitrogens is 1. The quantitative estimate of drug-likeness (QED) is 0.667. The first-order valence-corrected chi connectivity index (χ1v) is 9.47. The van der Waals surface area contributed by atoms with Crippen molar-refractivity contribution in [2.45, 2.75) is 4.90 Å². The molecule has 0 saturated heterocycles. The predicted molar refractivity (Wildman–Crippen MR) is 97.2 cm³/mol. The largest absolute Gasteiger partial charge is 0.496 e. The number of anilines is 1. The molecule has 0 unspecified atom stereocenters. The van der Waals surface area contributed by atoms with E-state index in [1.807, 2.05) is 12.1 Å². The van der Waals surface area contributed by atoms with Gasteiger partial charge in [0.2, 0.25) is 0 Å². The molecule has 1 aromatic heterocycles. The third-order valence-electron chi connectivity index (χ3n) is 3.53. The number of nitrogens with zero attached hydrogens (tertiary/aromatic N) is 1. The van der Waals surface area contributed by atoms with Gasteiger partial charge in [0.1, 0.15) is 11.6 Å². The smallest absolute Gasteiger partial charge is 0.262 e. The molecule has 25 heavy (non-hydrogen) atoms. The molecule has 1 heterocycles. The van der Waals surface area contributed by atoms with Crippen molar-refractivity contribution in [3.05, 3.63) is 71.2 Å². The summed E-state index contributed by atoms with van der Waals surface area (Å²) in [5.74, 6) is -0.160. The molecular weight excluding hydrogens is 411 g/mol. The second-order valence-corrected chi connectivity index (χ2v) is 7.69. The Kier molecular flexibility index (Phi) is 4.82. The van der Waals surface area contributed by atoms with Gasteiger partial charge in [0, 0.05) is 18.1 Å². The molecule has 130 valence electrons. The van der Waals surface area contributed by atoms with Crippen molar-refractivity contribution in [1.29, 1.82) is 0 Å². The van der Waals surface area contributed by atoms with Crippen LogP contribution >= 0.6 is 15.9 Å². The Morgan fingerprint density at radius 3 is 2.48 bits per heavy atom. The first-order valence-electron chi connectivity index (χ1n) is 7.20. The average Bonchev–Trinajstić information content (AvgIpc) is 3.11. The highest BCUT2D eigenvalue weighted by molar-refractivity contribution is 9.10. The maximum Gasteiger partial charge on any atom is 0.262 e. The Balaban J connectivity index is 1.95. The van der Waals surface area contributed by atoms with Gasteiger partial charge >= 0.3 is 0 Å². The van der Waals surface area contributed by atoms with Crippen molar-refractivity contribution < 1.29 is 17.5 Å². The van der Waals surface area contributed by atoms with E-state index in [1.54, 1.807) is 23.0 Å². The number of halogens is 2. The fourth-order valence-electron chi connectivity index (χ4n) is 2.28. The van der Waals surface area contributed by atoms with E-state index in [9.17, 15) is 12.8 Å². The van der Waals surface area contributed by atoms with Crippen LogP contribution < -0.4 is 9.46 Å². The summed E-state index contributed by atoms with van der Waals surface area (Å²) >= 11 is 3.24. The molecular formula is C17H14BrFN2O3S. The van der Waals surface area contributed by atoms with Crippen LogP contribution in [0.25, 0.3) is 5.69 Å². The minimum absolute atomic E-state index is 0.00839. The molecule has 0 aliphatic carbocycles. The highest BCUT2D eigenvalue weighted by atomic mass is 79.9. The molecule has 3 aromatic rings. The molecule has 2 aromatic carbocycles. The van der Waals surface area contributed by atoms with E-state index in [0.29, 0.717) is 15.9 Å². The number of hydrogen-bond acceptors (Lipinski definition) is 3. The first-order chi connectivity index (χ1) is 11.9. The van der Waals surface area contributed by atoms with Crippen LogP contribution in [0.4, 0.5) is 10.1 Å². The number of ether oxygens (including phenoxy) is 1. The van der Waals surface area contributed by atoms with Gasteiger partial charge in [0.25, 0.3) is 10.0 Å². The van der Waals surface area contributed by atoms with Gasteiger partial charge in [0.15, 0.2) is 0 Å². The van der Waals surface area contributed by atoms with Crippen LogP contribution in [0.2, 0.25) is 0 Å². The van der Waals surface area contributed by atoms with E-state index in [2.05, 4.69) is 20.7 Å². The van der Waals surface area contributed by atoms with Crippen molar-refractivity contribution in [2.24, 2.45) is 0 Å². The zero-order valence-corrected chi connectivity index (χ0v) is 15.5. The van der Waals surface area contributed by atoms with Gasteiger partial charge in [0.05, 0.1) is 22.2 Å². The Hall–Kier alpha value is -2.32. The lowest BCUT2D eigenvalue weighted by atomic mass is 10.2. The zero-order valence-electron chi connectivity index (χ0n) is 13.1. The second kappa shape index (κ2) is 6.89. The Morgan fingerprint density at radius 2 is 1.84 bits per heavy atom. The summed E-state index contributed by atoms with van der Waals surface area (Å²) in [5.41, 5.74) is 0.512. The van der Waals surface area contributed by atoms with Crippen molar-refractivity contribution in [2.75, 3.05) is 11.8 Å². The Labute approximate surface area is 153 Å². The van der Waals surface area contributed by atoms with Crippen LogP contribution in [0.15, 0.2) is 70.3 Å². The summed E-state index contributed by atoms with van der Waals surface area (Å²) in [6.07, 6.45) is 3.57. The summed E-state index contributed by atoms with van der Waals surface area (Å²) in [6, 6.07) is 12.2. The van der Waals surface area contributed by atoms with E-state index in [4.69, 9.17) is 4.74 Å². The second-order valence-electron chi connectivity index (χ2n) is 5.16. The average molecular weight is 425 g/mol. The lowest BCUT2D eigenvalue weighted by Gasteiger charge is -2.12. The van der Waals surface area contributed by atoms with Crippen molar-refractivity contribution in [1.82, 2.24) is 4.57 Å². The third-order valence-corrected chi connectivity index (χ3v) is 5.51. The molecule has 0 radical (unpaired) electrons. The topological polar surface area (TPSA) is 60.3 Å². The van der Waals surface area contributed by atoms with Crippen molar-refractivity contribution in [3.8, 4) is 11.4 Å². The summed E-state index contributed by atoms with van der Waals surface area (Å²) in [4.78, 5) is -0.00839. The molecule has 0 saturated carbocycles. The molecule has 5 nitrogen and oxygen atoms in total. The zero-order chi connectivity index (χ0) is 18.0. The molecule has 0 aliphatic rings. The number of hydrogen-bond donors (Lipinski definition) is 1. The standard InChI is InChI=1S/C17H14BrFN2O3S/c1-24-17-7-5-13(11-14(17)18)25(22,23)20-16-10-12(4-6-15(16)19)21-8-2-3-9-21/h2-11,20H,1H3. The number of nitrogens with one attached hydrogen (secondary N) is 1. The van der Waals surface area contributed by atoms with Gasteiger partial charge in [-0.2, -0.15) is 0 Å². The molecule has 8 heteroatoms. The molecule has 0 aliphatic heterocycles. The maximum atomic E-state index is 14.1. The third kappa shape index (κ3) is 3.69. The van der Waals surface area contributed by atoms with Gasteiger partial charge < -0.3 is 9.30 Å². The van der Waals surface area contributed by atoms with Gasteiger partial charge in [-0.05, 0) is 64.5 Å². The normalized spacial score (nSPS) is 11.3. The summed E-state index contributed by atoms with van der Waals surface area (Å²) in [5, 5.41) is 0. The maximum absolute atomic E-state index is 14.1. The van der Waals surface area contributed by atoms with Crippen LogP contribution in [0.5, 0.6) is 5.75 Å². The highest BCUT2D eigenvalue weighted by Crippen LogP contribution is 2.29. The van der Waals surface area contributed by atoms with Gasteiger partial charge in [-0.3, -0.25) is 4.72 Å². The van der Waals surface area contributed by atoms with E-state index in [1.165, 1.54) is 37.4 Å². The summed E-state index contributed by atoms with van der Waals surface area (Å²) < 4.78 is 48.8. The van der Waals surface area contributed by atoms with Crippen LogP contribution in [0.1, 0.15) is 0 Å². The molecule has 0 fully saturated rings. The van der Waals surface area contributed by atoms with Crippen molar-refractivity contribution in [3.63, 3.8) is 0 Å². The van der Waals surface area contributed by atoms with Crippen molar-refractivity contribution >= 4 is 31.6 Å². The van der Waals surface area contributed by atoms with Gasteiger partial charge in [-0.1, -0.05) is 0 Å². The Morgan fingerprint density at radius 1 is 1.12 bits per heavy atom. The lowest BCUT2D eigenvalue weighted by Crippen LogP contribution is -2.14. The summed E-state index contributed by atoms with van der Waals surface area (Å²) in [6.45, 7) is 0. The van der Waals surface area contributed by atoms with Crippen LogP contribution in [0.3, 0.4) is 0 Å². The van der Waals surface area contributed by atoms with E-state index >= 15 is 0 Å². The number of sulfonamides is 1. The highest BCUT2D eigenvalue weighted by Gasteiger charge is 2.18. The summed E-state index contributed by atoms with van der Waals surface area (Å²) in [7, 11) is -2.47. The fourth-order valence-corrected chi connectivity index (χ4v) is 4.05. The molecule has 3 rings (SSSR count). The molecule has 0 amide bonds. The SMILES string of the molecule is COc1ccc(S(=O)(=O)Nc2cc(-n3cccc3)ccc2F)cc1Br. The first kappa shape index (κ1) is 17.5. The van der Waals surface area contributed by atoms with E-state index in [-0.39, 0.29) is 10.6 Å². The minimum Gasteiger partial charge on any atom is -0.496 e. The number of benzene rings is 2. The fraction of sp³-hybridized carbons (Fsp3) is 0.0588. The molecule has 0 bridgehead atoms. The number of methoxy groups -OCH3 is 1. The van der Waals surface area contributed by atoms with Crippen LogP contribution in [0, 0.1) is 5.82 Å². The number of rotatable bonds is 5.